The van der Waals surface area contributed by atoms with Gasteiger partial charge in [-0.1, -0.05) is 11.6 Å². The Labute approximate surface area is 66.6 Å². The van der Waals surface area contributed by atoms with Crippen LogP contribution in [0.5, 0.6) is 0 Å². The Hall–Kier alpha value is -1.16. The number of rotatable bonds is 1. The second-order valence-electron chi connectivity index (χ2n) is 1.86. The lowest BCUT2D eigenvalue weighted by molar-refractivity contribution is -0.384. The lowest BCUT2D eigenvalue weighted by atomic mass is 10.3. The Morgan fingerprint density at radius 2 is 2.18 bits per heavy atom. The van der Waals surface area contributed by atoms with E-state index in [-0.39, 0.29) is 10.7 Å². The van der Waals surface area contributed by atoms with E-state index in [4.69, 9.17) is 11.6 Å². The zero-order valence-corrected chi connectivity index (χ0v) is 6.01. The maximum absolute atomic E-state index is 12.4. The van der Waals surface area contributed by atoms with Gasteiger partial charge in [-0.3, -0.25) is 10.1 Å². The minimum Gasteiger partial charge on any atom is -0.258 e. The van der Waals surface area contributed by atoms with Gasteiger partial charge in [0.15, 0.2) is 0 Å². The van der Waals surface area contributed by atoms with Gasteiger partial charge in [0.25, 0.3) is 5.69 Å². The highest BCUT2D eigenvalue weighted by Gasteiger charge is 2.07. The molecule has 0 N–H and O–H groups in total. The summed E-state index contributed by atoms with van der Waals surface area (Å²) in [7, 11) is 0. The summed E-state index contributed by atoms with van der Waals surface area (Å²) in [5.41, 5.74) is -0.212. The molecule has 0 amide bonds. The molecule has 0 aliphatic rings. The zero-order valence-electron chi connectivity index (χ0n) is 5.25. The largest absolute Gasteiger partial charge is 0.271 e. The van der Waals surface area contributed by atoms with Crippen LogP contribution in [-0.4, -0.2) is 4.92 Å². The number of benzene rings is 1. The fourth-order valence-electron chi connectivity index (χ4n) is 0.599. The molecule has 11 heavy (non-hydrogen) atoms. The first-order valence-electron chi connectivity index (χ1n) is 2.70. The van der Waals surface area contributed by atoms with E-state index in [9.17, 15) is 14.5 Å². The molecular weight excluding hydrogens is 172 g/mol. The quantitative estimate of drug-likeness (QED) is 0.485. The van der Waals surface area contributed by atoms with Gasteiger partial charge in [-0.15, -0.1) is 0 Å². The van der Waals surface area contributed by atoms with Crippen LogP contribution in [-0.2, 0) is 0 Å². The van der Waals surface area contributed by atoms with Crippen molar-refractivity contribution in [1.29, 1.82) is 0 Å². The van der Waals surface area contributed by atoms with E-state index in [1.165, 1.54) is 0 Å². The van der Waals surface area contributed by atoms with E-state index in [1.54, 1.807) is 0 Å². The van der Waals surface area contributed by atoms with E-state index >= 15 is 0 Å². The van der Waals surface area contributed by atoms with Crippen LogP contribution in [0.3, 0.4) is 0 Å². The second-order valence-corrected chi connectivity index (χ2v) is 2.26. The molecule has 0 aliphatic carbocycles. The van der Waals surface area contributed by atoms with Gasteiger partial charge in [0, 0.05) is 12.1 Å². The molecule has 0 saturated carbocycles. The Morgan fingerprint density at radius 3 is 2.64 bits per heavy atom. The Balaban J connectivity index is 3.15. The van der Waals surface area contributed by atoms with E-state index in [0.29, 0.717) is 0 Å². The molecule has 0 heterocycles. The van der Waals surface area contributed by atoms with Crippen molar-refractivity contribution >= 4 is 17.3 Å². The van der Waals surface area contributed by atoms with Crippen molar-refractivity contribution in [3.8, 4) is 0 Å². The van der Waals surface area contributed by atoms with E-state index in [1.807, 2.05) is 0 Å². The Bertz CT molecular complexity index is 303. The number of nitro groups is 1. The summed E-state index contributed by atoms with van der Waals surface area (Å²) in [4.78, 5) is 9.46. The van der Waals surface area contributed by atoms with Crippen molar-refractivity contribution in [3.05, 3.63) is 39.2 Å². The van der Waals surface area contributed by atoms with Crippen molar-refractivity contribution in [1.82, 2.24) is 0 Å². The van der Waals surface area contributed by atoms with Crippen LogP contribution in [0.15, 0.2) is 18.2 Å². The van der Waals surface area contributed by atoms with Crippen molar-refractivity contribution in [2.75, 3.05) is 0 Å². The summed E-state index contributed by atoms with van der Waals surface area (Å²) in [6.07, 6.45) is 0. The maximum Gasteiger partial charge on any atom is 0.271 e. The molecular formula is C6H3ClFNO2. The summed E-state index contributed by atoms with van der Waals surface area (Å²) in [5.74, 6) is -0.655. The summed E-state index contributed by atoms with van der Waals surface area (Å²) < 4.78 is 12.4. The molecule has 0 bridgehead atoms. The normalized spacial score (nSPS) is 9.64. The third-order valence-electron chi connectivity index (χ3n) is 1.11. The first kappa shape index (κ1) is 7.94. The summed E-state index contributed by atoms with van der Waals surface area (Å²) in [6.45, 7) is 0. The predicted octanol–water partition coefficient (Wildman–Crippen LogP) is 2.39. The topological polar surface area (TPSA) is 43.1 Å². The first-order valence-corrected chi connectivity index (χ1v) is 3.08. The highest BCUT2D eigenvalue weighted by molar-refractivity contribution is 6.30. The van der Waals surface area contributed by atoms with Crippen LogP contribution in [0, 0.1) is 15.9 Å². The third-order valence-corrected chi connectivity index (χ3v) is 1.40. The average Bonchev–Trinajstić information content (AvgIpc) is 1.94. The van der Waals surface area contributed by atoms with Crippen LogP contribution in [0.2, 0.25) is 5.02 Å². The average molecular weight is 175 g/mol. The number of hydrogen-bond donors (Lipinski definition) is 0. The van der Waals surface area contributed by atoms with E-state index in [0.717, 1.165) is 18.2 Å². The van der Waals surface area contributed by atoms with Gasteiger partial charge in [-0.2, -0.15) is 0 Å². The lowest BCUT2D eigenvalue weighted by Crippen LogP contribution is -1.87. The SMILES string of the molecule is O=[N+]([O-])c1ccc([18F])c(Cl)c1. The molecule has 0 unspecified atom stereocenters. The molecule has 0 saturated heterocycles. The molecule has 0 aromatic heterocycles. The van der Waals surface area contributed by atoms with Crippen LogP contribution in [0.25, 0.3) is 0 Å². The smallest absolute Gasteiger partial charge is 0.258 e. The van der Waals surface area contributed by atoms with Crippen LogP contribution < -0.4 is 0 Å². The predicted molar refractivity (Wildman–Crippen MR) is 38.1 cm³/mol. The molecule has 58 valence electrons. The van der Waals surface area contributed by atoms with Crippen molar-refractivity contribution in [2.45, 2.75) is 0 Å². The molecule has 3 nitrogen and oxygen atoms in total. The van der Waals surface area contributed by atoms with E-state index in [2.05, 4.69) is 0 Å². The van der Waals surface area contributed by atoms with Crippen molar-refractivity contribution in [3.63, 3.8) is 0 Å². The van der Waals surface area contributed by atoms with Crippen molar-refractivity contribution < 1.29 is 9.31 Å². The fourth-order valence-corrected chi connectivity index (χ4v) is 0.773. The fraction of sp³-hybridized carbons (Fsp3) is 0. The van der Waals surface area contributed by atoms with Crippen LogP contribution in [0.4, 0.5) is 10.1 Å². The lowest BCUT2D eigenvalue weighted by Gasteiger charge is -1.92. The minimum absolute atomic E-state index is 0.212. The number of nitrogens with zero attached hydrogens (tertiary/aromatic N) is 1. The zero-order chi connectivity index (χ0) is 8.43. The summed E-state index contributed by atoms with van der Waals surface area (Å²) >= 11 is 5.28. The highest BCUT2D eigenvalue weighted by atomic mass is 35.5. The maximum atomic E-state index is 12.4. The van der Waals surface area contributed by atoms with Gasteiger partial charge in [-0.05, 0) is 6.07 Å². The highest BCUT2D eigenvalue weighted by Crippen LogP contribution is 2.20. The van der Waals surface area contributed by atoms with E-state index < -0.39 is 10.7 Å². The Kier molecular flexibility index (Phi) is 2.05. The number of nitro benzene ring substituents is 1. The Morgan fingerprint density at radius 1 is 1.55 bits per heavy atom. The number of hydrogen-bond acceptors (Lipinski definition) is 2. The summed E-state index contributed by atoms with van der Waals surface area (Å²) in [5, 5.41) is 9.85. The molecule has 5 heteroatoms. The minimum atomic E-state index is -0.655. The first-order chi connectivity index (χ1) is 5.11. The van der Waals surface area contributed by atoms with Gasteiger partial charge >= 0.3 is 0 Å². The molecule has 0 fully saturated rings. The van der Waals surface area contributed by atoms with Gasteiger partial charge < -0.3 is 0 Å². The van der Waals surface area contributed by atoms with Crippen LogP contribution in [0.1, 0.15) is 0 Å². The second kappa shape index (κ2) is 2.84. The standard InChI is InChI=1S/C6H3ClFNO2/c7-5-3-4(9(10)11)1-2-6(5)8/h1-3H/i8-1. The molecule has 0 spiro atoms. The number of halogens is 2. The van der Waals surface area contributed by atoms with Gasteiger partial charge in [-0.25, -0.2) is 4.39 Å². The molecule has 0 atom stereocenters. The molecule has 1 rings (SSSR count). The monoisotopic (exact) mass is 174 g/mol. The molecule has 0 aliphatic heterocycles. The number of non-ortho nitro benzene ring substituents is 1. The van der Waals surface area contributed by atoms with Crippen LogP contribution >= 0.6 is 11.6 Å². The molecule has 1 aromatic rings. The van der Waals surface area contributed by atoms with Crippen molar-refractivity contribution in [2.24, 2.45) is 0 Å². The molecule has 0 radical (unpaired) electrons. The van der Waals surface area contributed by atoms with Gasteiger partial charge in [0.1, 0.15) is 5.82 Å². The van der Waals surface area contributed by atoms with Gasteiger partial charge in [0.05, 0.1) is 9.95 Å². The molecule has 1 aromatic carbocycles. The van der Waals surface area contributed by atoms with Gasteiger partial charge in [0.2, 0.25) is 0 Å². The third kappa shape index (κ3) is 1.65. The summed E-state index contributed by atoms with van der Waals surface area (Å²) in [6, 6.07) is 2.98.